The molecular formula is C25H34N2O3. The van der Waals surface area contributed by atoms with Crippen LogP contribution in [0.4, 0.5) is 4.79 Å². The van der Waals surface area contributed by atoms with Crippen LogP contribution >= 0.6 is 0 Å². The topological polar surface area (TPSA) is 70.6 Å². The number of aliphatic hydroxyl groups is 1. The van der Waals surface area contributed by atoms with Gasteiger partial charge in [0.1, 0.15) is 12.2 Å². The molecule has 0 spiro atoms. The van der Waals surface area contributed by atoms with Crippen molar-refractivity contribution in [3.05, 3.63) is 71.3 Å². The summed E-state index contributed by atoms with van der Waals surface area (Å²) >= 11 is 0. The van der Waals surface area contributed by atoms with Gasteiger partial charge in [0, 0.05) is 24.5 Å². The first-order valence-electron chi connectivity index (χ1n) is 10.8. The summed E-state index contributed by atoms with van der Waals surface area (Å²) in [6.45, 7) is 6.07. The van der Waals surface area contributed by atoms with Gasteiger partial charge in [0.25, 0.3) is 0 Å². The highest BCUT2D eigenvalue weighted by atomic mass is 16.6. The monoisotopic (exact) mass is 410 g/mol. The van der Waals surface area contributed by atoms with E-state index in [1.807, 2.05) is 51.1 Å². The van der Waals surface area contributed by atoms with E-state index in [2.05, 4.69) is 34.9 Å². The number of benzene rings is 2. The number of hydrogen-bond acceptors (Lipinski definition) is 4. The molecule has 1 aliphatic rings. The molecule has 0 bridgehead atoms. The van der Waals surface area contributed by atoms with Crippen LogP contribution < -0.4 is 10.6 Å². The quantitative estimate of drug-likeness (QED) is 0.641. The highest BCUT2D eigenvalue weighted by Gasteiger charge is 2.27. The van der Waals surface area contributed by atoms with Gasteiger partial charge in [-0.1, -0.05) is 54.6 Å². The second-order valence-corrected chi connectivity index (χ2v) is 9.13. The van der Waals surface area contributed by atoms with Crippen molar-refractivity contribution in [2.75, 3.05) is 6.54 Å². The van der Waals surface area contributed by atoms with Gasteiger partial charge >= 0.3 is 6.09 Å². The Hall–Kier alpha value is -2.37. The van der Waals surface area contributed by atoms with Crippen LogP contribution in [0.3, 0.4) is 0 Å². The van der Waals surface area contributed by atoms with Gasteiger partial charge in [-0.15, -0.1) is 0 Å². The smallest absolute Gasteiger partial charge is 0.407 e. The fourth-order valence-electron chi connectivity index (χ4n) is 3.94. The molecule has 0 radical (unpaired) electrons. The van der Waals surface area contributed by atoms with Crippen LogP contribution in [0.5, 0.6) is 0 Å². The summed E-state index contributed by atoms with van der Waals surface area (Å²) in [5.41, 5.74) is 3.30. The zero-order valence-corrected chi connectivity index (χ0v) is 18.2. The van der Waals surface area contributed by atoms with E-state index in [0.717, 1.165) is 24.8 Å². The number of alkyl carbamates (subject to hydrolysis) is 1. The number of aryl methyl sites for hydroxylation is 1. The molecule has 0 saturated carbocycles. The van der Waals surface area contributed by atoms with E-state index in [1.54, 1.807) is 0 Å². The molecule has 1 amide bonds. The summed E-state index contributed by atoms with van der Waals surface area (Å²) in [5, 5.41) is 17.2. The number of amides is 1. The summed E-state index contributed by atoms with van der Waals surface area (Å²) < 4.78 is 5.66. The molecule has 0 fully saturated rings. The van der Waals surface area contributed by atoms with E-state index in [9.17, 15) is 9.90 Å². The highest BCUT2D eigenvalue weighted by Crippen LogP contribution is 2.29. The fraction of sp³-hybridized carbons (Fsp3) is 0.480. The molecule has 0 aliphatic heterocycles. The third-order valence-corrected chi connectivity index (χ3v) is 5.39. The summed E-state index contributed by atoms with van der Waals surface area (Å²) in [6.07, 6.45) is 1.77. The van der Waals surface area contributed by atoms with Gasteiger partial charge in [0.15, 0.2) is 0 Å². The average Bonchev–Trinajstić information content (AvgIpc) is 2.71. The predicted octanol–water partition coefficient (Wildman–Crippen LogP) is 4.15. The molecule has 5 nitrogen and oxygen atoms in total. The Labute approximate surface area is 179 Å². The first-order chi connectivity index (χ1) is 14.3. The van der Waals surface area contributed by atoms with E-state index in [1.165, 1.54) is 11.1 Å². The molecule has 1 aliphatic carbocycles. The Morgan fingerprint density at radius 2 is 1.83 bits per heavy atom. The van der Waals surface area contributed by atoms with Gasteiger partial charge in [-0.05, 0) is 56.7 Å². The van der Waals surface area contributed by atoms with Crippen molar-refractivity contribution in [3.63, 3.8) is 0 Å². The number of rotatable bonds is 7. The molecule has 1 unspecified atom stereocenters. The lowest BCUT2D eigenvalue weighted by atomic mass is 9.87. The number of aliphatic hydroxyl groups excluding tert-OH is 1. The van der Waals surface area contributed by atoms with Crippen molar-refractivity contribution < 1.29 is 14.6 Å². The summed E-state index contributed by atoms with van der Waals surface area (Å²) in [7, 11) is 0. The standard InChI is InChI=1S/C25H34N2O3/c1-25(2,3)27-24(29)30-23(16-18-10-5-4-6-11-18)22(28)17-26-21-15-9-13-19-12-7-8-14-20(19)21/h4-8,10-12,14,21-23,26,28H,9,13,15-17H2,1-3H3,(H,27,29)/t21?,22-,23-/m0/s1. The van der Waals surface area contributed by atoms with Crippen molar-refractivity contribution in [2.45, 2.75) is 70.2 Å². The van der Waals surface area contributed by atoms with Gasteiger partial charge in [0.05, 0.1) is 0 Å². The van der Waals surface area contributed by atoms with Crippen molar-refractivity contribution in [2.24, 2.45) is 0 Å². The molecular weight excluding hydrogens is 376 g/mol. The van der Waals surface area contributed by atoms with Gasteiger partial charge in [-0.3, -0.25) is 0 Å². The molecule has 0 saturated heterocycles. The minimum Gasteiger partial charge on any atom is -0.443 e. The zero-order chi connectivity index (χ0) is 21.6. The Bertz CT molecular complexity index is 817. The molecule has 2 aromatic rings. The average molecular weight is 411 g/mol. The van der Waals surface area contributed by atoms with E-state index in [-0.39, 0.29) is 6.04 Å². The zero-order valence-electron chi connectivity index (χ0n) is 18.2. The Morgan fingerprint density at radius 3 is 2.57 bits per heavy atom. The number of carbonyl (C=O) groups is 1. The summed E-state index contributed by atoms with van der Waals surface area (Å²) in [6, 6.07) is 18.5. The molecule has 162 valence electrons. The first-order valence-corrected chi connectivity index (χ1v) is 10.8. The molecule has 5 heteroatoms. The van der Waals surface area contributed by atoms with Gasteiger partial charge in [0.2, 0.25) is 0 Å². The number of fused-ring (bicyclic) bond motifs is 1. The van der Waals surface area contributed by atoms with E-state index in [4.69, 9.17) is 4.74 Å². The number of carbonyl (C=O) groups excluding carboxylic acids is 1. The van der Waals surface area contributed by atoms with Crippen molar-refractivity contribution >= 4 is 6.09 Å². The Kier molecular flexibility index (Phi) is 7.51. The Morgan fingerprint density at radius 1 is 1.13 bits per heavy atom. The normalized spacial score (nSPS) is 18.2. The number of ether oxygens (including phenoxy) is 1. The second-order valence-electron chi connectivity index (χ2n) is 9.13. The first kappa shape index (κ1) is 22.3. The highest BCUT2D eigenvalue weighted by molar-refractivity contribution is 5.68. The molecule has 0 heterocycles. The van der Waals surface area contributed by atoms with E-state index >= 15 is 0 Å². The van der Waals surface area contributed by atoms with Gasteiger partial charge in [-0.2, -0.15) is 0 Å². The maximum absolute atomic E-state index is 12.4. The third-order valence-electron chi connectivity index (χ3n) is 5.39. The minimum absolute atomic E-state index is 0.213. The van der Waals surface area contributed by atoms with Crippen LogP contribution in [0.1, 0.15) is 56.3 Å². The number of nitrogens with one attached hydrogen (secondary N) is 2. The van der Waals surface area contributed by atoms with Crippen LogP contribution in [0.15, 0.2) is 54.6 Å². The molecule has 30 heavy (non-hydrogen) atoms. The summed E-state index contributed by atoms with van der Waals surface area (Å²) in [5.74, 6) is 0. The third kappa shape index (κ3) is 6.57. The largest absolute Gasteiger partial charge is 0.443 e. The van der Waals surface area contributed by atoms with Crippen LogP contribution in [0.2, 0.25) is 0 Å². The predicted molar refractivity (Wildman–Crippen MR) is 119 cm³/mol. The molecule has 3 N–H and O–H groups in total. The van der Waals surface area contributed by atoms with E-state index < -0.39 is 23.8 Å². The lowest BCUT2D eigenvalue weighted by Gasteiger charge is -2.30. The molecule has 3 atom stereocenters. The van der Waals surface area contributed by atoms with Crippen molar-refractivity contribution in [3.8, 4) is 0 Å². The lowest BCUT2D eigenvalue weighted by Crippen LogP contribution is -2.47. The maximum Gasteiger partial charge on any atom is 0.407 e. The van der Waals surface area contributed by atoms with Gasteiger partial charge in [-0.25, -0.2) is 4.79 Å². The maximum atomic E-state index is 12.4. The van der Waals surface area contributed by atoms with Crippen LogP contribution in [0, 0.1) is 0 Å². The van der Waals surface area contributed by atoms with Crippen LogP contribution in [0.25, 0.3) is 0 Å². The summed E-state index contributed by atoms with van der Waals surface area (Å²) in [4.78, 5) is 12.4. The van der Waals surface area contributed by atoms with E-state index in [0.29, 0.717) is 13.0 Å². The molecule has 2 aromatic carbocycles. The SMILES string of the molecule is CC(C)(C)NC(=O)O[C@@H](Cc1ccccc1)[C@@H](O)CNC1CCCc2ccccc21. The fourth-order valence-corrected chi connectivity index (χ4v) is 3.94. The molecule has 3 rings (SSSR count). The van der Waals surface area contributed by atoms with Crippen molar-refractivity contribution in [1.29, 1.82) is 0 Å². The number of hydrogen-bond donors (Lipinski definition) is 3. The van der Waals surface area contributed by atoms with Gasteiger partial charge < -0.3 is 20.5 Å². The second kappa shape index (κ2) is 10.1. The Balaban J connectivity index is 1.65. The van der Waals surface area contributed by atoms with Crippen LogP contribution in [-0.2, 0) is 17.6 Å². The van der Waals surface area contributed by atoms with Crippen molar-refractivity contribution in [1.82, 2.24) is 10.6 Å². The minimum atomic E-state index is -0.815. The lowest BCUT2D eigenvalue weighted by molar-refractivity contribution is 0.000192. The van der Waals surface area contributed by atoms with Crippen LogP contribution in [-0.4, -0.2) is 35.5 Å². The molecule has 0 aromatic heterocycles.